The average Bonchev–Trinajstić information content (AvgIpc) is 2.42. The first-order valence-electron chi connectivity index (χ1n) is 7.65. The minimum absolute atomic E-state index is 0.0107. The van der Waals surface area contributed by atoms with Gasteiger partial charge in [0.05, 0.1) is 12.3 Å². The number of esters is 1. The van der Waals surface area contributed by atoms with Crippen LogP contribution in [0.1, 0.15) is 38.3 Å². The number of benzene rings is 1. The average molecular weight is 341 g/mol. The van der Waals surface area contributed by atoms with Crippen LogP contribution in [0.2, 0.25) is 0 Å². The van der Waals surface area contributed by atoms with Crippen molar-refractivity contribution in [3.8, 4) is 0 Å². The fourth-order valence-corrected chi connectivity index (χ4v) is 3.57. The molecule has 0 fully saturated rings. The quantitative estimate of drug-likeness (QED) is 0.631. The van der Waals surface area contributed by atoms with Gasteiger partial charge < -0.3 is 10.1 Å². The second-order valence-corrected chi connectivity index (χ2v) is 7.99. The zero-order valence-corrected chi connectivity index (χ0v) is 14.5. The molecule has 0 atom stereocenters. The highest BCUT2D eigenvalue weighted by Gasteiger charge is 2.29. The highest BCUT2D eigenvalue weighted by Crippen LogP contribution is 2.37. The van der Waals surface area contributed by atoms with Crippen LogP contribution >= 0.6 is 0 Å². The zero-order chi connectivity index (χ0) is 17.3. The summed E-state index contributed by atoms with van der Waals surface area (Å²) in [6.45, 7) is 6.85. The van der Waals surface area contributed by atoms with Gasteiger partial charge in [-0.1, -0.05) is 19.9 Å². The van der Waals surface area contributed by atoms with Crippen molar-refractivity contribution in [1.29, 1.82) is 0 Å². The summed E-state index contributed by atoms with van der Waals surface area (Å²) < 4.78 is 37.8. The van der Waals surface area contributed by atoms with E-state index in [0.717, 1.165) is 5.56 Å². The molecule has 0 aliphatic carbocycles. The molecule has 1 aliphatic heterocycles. The molecular weight excluding hydrogens is 318 g/mol. The molecule has 6 nitrogen and oxygen atoms in total. The maximum absolute atomic E-state index is 11.7. The highest BCUT2D eigenvalue weighted by atomic mass is 32.2. The van der Waals surface area contributed by atoms with Crippen LogP contribution in [0.4, 0.5) is 5.69 Å². The molecule has 128 valence electrons. The van der Waals surface area contributed by atoms with Crippen LogP contribution < -0.4 is 5.32 Å². The lowest BCUT2D eigenvalue weighted by Gasteiger charge is -2.33. The summed E-state index contributed by atoms with van der Waals surface area (Å²) >= 11 is 0. The smallest absolute Gasteiger partial charge is 0.306 e. The largest absolute Gasteiger partial charge is 0.466 e. The van der Waals surface area contributed by atoms with Crippen molar-refractivity contribution in [3.05, 3.63) is 23.3 Å². The Morgan fingerprint density at radius 1 is 1.39 bits per heavy atom. The number of nitrogens with one attached hydrogen (secondary N) is 1. The van der Waals surface area contributed by atoms with E-state index in [4.69, 9.17) is 4.74 Å². The van der Waals surface area contributed by atoms with Gasteiger partial charge in [0.2, 0.25) is 0 Å². The third-order valence-corrected chi connectivity index (χ3v) is 4.74. The van der Waals surface area contributed by atoms with Gasteiger partial charge in [-0.05, 0) is 42.4 Å². The molecule has 0 aromatic heterocycles. The number of aryl methyl sites for hydroxylation is 1. The Morgan fingerprint density at radius 3 is 2.70 bits per heavy atom. The standard InChI is InChI=1S/C16H23NO5S/c1-4-22-14(18)6-5-11-7-12-9-16(2,3)10-17-15(12)13(8-11)23(19,20)21/h7-8,17H,4-6,9-10H2,1-3H3,(H,19,20,21). The first kappa shape index (κ1) is 17.7. The highest BCUT2D eigenvalue weighted by molar-refractivity contribution is 7.86. The molecule has 0 bridgehead atoms. The predicted molar refractivity (Wildman–Crippen MR) is 87.2 cm³/mol. The van der Waals surface area contributed by atoms with E-state index >= 15 is 0 Å². The molecule has 23 heavy (non-hydrogen) atoms. The molecule has 0 radical (unpaired) electrons. The molecule has 1 aliphatic rings. The Hall–Kier alpha value is -1.60. The summed E-state index contributed by atoms with van der Waals surface area (Å²) in [6.07, 6.45) is 1.24. The number of rotatable bonds is 5. The van der Waals surface area contributed by atoms with Gasteiger partial charge in [0.15, 0.2) is 0 Å². The fraction of sp³-hybridized carbons (Fsp3) is 0.562. The molecular formula is C16H23NO5S. The van der Waals surface area contributed by atoms with Crippen molar-refractivity contribution in [2.75, 3.05) is 18.5 Å². The second-order valence-electron chi connectivity index (χ2n) is 6.60. The number of hydrogen-bond donors (Lipinski definition) is 2. The molecule has 2 N–H and O–H groups in total. The molecule has 7 heteroatoms. The number of fused-ring (bicyclic) bond motifs is 1. The summed E-state index contributed by atoms with van der Waals surface area (Å²) in [4.78, 5) is 11.4. The van der Waals surface area contributed by atoms with Gasteiger partial charge in [-0.2, -0.15) is 8.42 Å². The SMILES string of the molecule is CCOC(=O)CCc1cc2c(c(S(=O)(=O)O)c1)NCC(C)(C)C2. The number of anilines is 1. The van der Waals surface area contributed by atoms with E-state index < -0.39 is 10.1 Å². The van der Waals surface area contributed by atoms with Crippen LogP contribution in [0.25, 0.3) is 0 Å². The third kappa shape index (κ3) is 4.45. The van der Waals surface area contributed by atoms with Crippen molar-refractivity contribution in [1.82, 2.24) is 0 Å². The normalized spacial score (nSPS) is 16.3. The van der Waals surface area contributed by atoms with E-state index in [1.54, 1.807) is 6.92 Å². The molecule has 1 aromatic carbocycles. The Kier molecular flexibility index (Phi) is 5.01. The van der Waals surface area contributed by atoms with Crippen molar-refractivity contribution >= 4 is 21.8 Å². The summed E-state index contributed by atoms with van der Waals surface area (Å²) in [7, 11) is -4.33. The Morgan fingerprint density at radius 2 is 2.09 bits per heavy atom. The van der Waals surface area contributed by atoms with Gasteiger partial charge >= 0.3 is 5.97 Å². The first-order valence-corrected chi connectivity index (χ1v) is 9.09. The maximum atomic E-state index is 11.7. The van der Waals surface area contributed by atoms with Crippen molar-refractivity contribution in [2.24, 2.45) is 5.41 Å². The lowest BCUT2D eigenvalue weighted by atomic mass is 9.81. The third-order valence-electron chi connectivity index (χ3n) is 3.86. The summed E-state index contributed by atoms with van der Waals surface area (Å²) in [6, 6.07) is 3.33. The number of carbonyl (C=O) groups excluding carboxylic acids is 1. The monoisotopic (exact) mass is 341 g/mol. The van der Waals surface area contributed by atoms with Crippen molar-refractivity contribution < 1.29 is 22.5 Å². The molecule has 0 spiro atoms. The van der Waals surface area contributed by atoms with Crippen molar-refractivity contribution in [3.63, 3.8) is 0 Å². The summed E-state index contributed by atoms with van der Waals surface area (Å²) in [5, 5.41) is 3.11. The summed E-state index contributed by atoms with van der Waals surface area (Å²) in [5.74, 6) is -0.322. The number of ether oxygens (including phenoxy) is 1. The van der Waals surface area contributed by atoms with Crippen LogP contribution in [0.15, 0.2) is 17.0 Å². The van der Waals surface area contributed by atoms with Crippen LogP contribution in [-0.2, 0) is 32.5 Å². The fourth-order valence-electron chi connectivity index (χ4n) is 2.81. The molecule has 2 rings (SSSR count). The zero-order valence-electron chi connectivity index (χ0n) is 13.7. The van der Waals surface area contributed by atoms with E-state index in [-0.39, 0.29) is 22.7 Å². The molecule has 0 unspecified atom stereocenters. The van der Waals surface area contributed by atoms with Gasteiger partial charge in [0.1, 0.15) is 4.90 Å². The van der Waals surface area contributed by atoms with Gasteiger partial charge in [-0.25, -0.2) is 0 Å². The second kappa shape index (κ2) is 6.49. The molecule has 0 saturated carbocycles. The first-order chi connectivity index (χ1) is 10.6. The van der Waals surface area contributed by atoms with Crippen LogP contribution in [0.5, 0.6) is 0 Å². The molecule has 0 saturated heterocycles. The van der Waals surface area contributed by atoms with E-state index in [1.165, 1.54) is 6.07 Å². The van der Waals surface area contributed by atoms with E-state index in [9.17, 15) is 17.8 Å². The van der Waals surface area contributed by atoms with Gasteiger partial charge in [-0.3, -0.25) is 9.35 Å². The van der Waals surface area contributed by atoms with Crippen LogP contribution in [-0.4, -0.2) is 32.1 Å². The minimum atomic E-state index is -4.33. The summed E-state index contributed by atoms with van der Waals surface area (Å²) in [5.41, 5.74) is 1.99. The van der Waals surface area contributed by atoms with Gasteiger partial charge in [-0.15, -0.1) is 0 Å². The van der Waals surface area contributed by atoms with Gasteiger partial charge in [0.25, 0.3) is 10.1 Å². The lowest BCUT2D eigenvalue weighted by Crippen LogP contribution is -2.31. The molecule has 1 aromatic rings. The van der Waals surface area contributed by atoms with Gasteiger partial charge in [0, 0.05) is 13.0 Å². The van der Waals surface area contributed by atoms with Crippen LogP contribution in [0, 0.1) is 5.41 Å². The molecule has 1 heterocycles. The van der Waals surface area contributed by atoms with Crippen molar-refractivity contribution in [2.45, 2.75) is 44.9 Å². The van der Waals surface area contributed by atoms with Crippen LogP contribution in [0.3, 0.4) is 0 Å². The Labute approximate surface area is 137 Å². The molecule has 0 amide bonds. The number of hydrogen-bond acceptors (Lipinski definition) is 5. The Balaban J connectivity index is 2.36. The Bertz CT molecular complexity index is 709. The topological polar surface area (TPSA) is 92.7 Å². The number of carbonyl (C=O) groups is 1. The minimum Gasteiger partial charge on any atom is -0.466 e. The lowest BCUT2D eigenvalue weighted by molar-refractivity contribution is -0.143. The maximum Gasteiger partial charge on any atom is 0.306 e. The van der Waals surface area contributed by atoms with E-state index in [1.807, 2.05) is 6.07 Å². The predicted octanol–water partition coefficient (Wildman–Crippen LogP) is 2.42. The van der Waals surface area contributed by atoms with E-state index in [2.05, 4.69) is 19.2 Å². The van der Waals surface area contributed by atoms with E-state index in [0.29, 0.717) is 37.2 Å².